The molecule has 35 atom stereocenters. The lowest BCUT2D eigenvalue weighted by molar-refractivity contribution is -0.403. The summed E-state index contributed by atoms with van der Waals surface area (Å²) < 4.78 is 77.5. The molecule has 23 N–H and O–H groups in total. The van der Waals surface area contributed by atoms with Gasteiger partial charge >= 0.3 is 12.0 Å². The Bertz CT molecular complexity index is 4580. The summed E-state index contributed by atoms with van der Waals surface area (Å²) in [7, 11) is 0. The Kier molecular flexibility index (Phi) is 41.0. The van der Waals surface area contributed by atoms with Gasteiger partial charge in [0.1, 0.15) is 171 Å². The van der Waals surface area contributed by atoms with Crippen molar-refractivity contribution in [3.8, 4) is 0 Å². The maximum Gasteiger partial charge on any atom is 0.312 e. The molecule has 24 heterocycles. The predicted octanol–water partition coefficient (Wildman–Crippen LogP) is -3.28. The zero-order chi connectivity index (χ0) is 102. The van der Waals surface area contributed by atoms with E-state index in [1.807, 2.05) is 0 Å². The molecule has 24 aliphatic heterocycles. The number of carbonyl (C=O) groups is 8. The third kappa shape index (κ3) is 27.6. The summed E-state index contributed by atoms with van der Waals surface area (Å²) in [5.74, 6) is -5.22. The van der Waals surface area contributed by atoms with E-state index >= 15 is 4.79 Å². The number of fused-ring (bicyclic) bond motifs is 5. The average Bonchev–Trinajstić information content (AvgIpc) is 1.59. The number of nitrogens with two attached hydrogens (primary N) is 1. The van der Waals surface area contributed by atoms with E-state index in [1.165, 1.54) is 9.91 Å². The number of esters is 1. The maximum absolute atomic E-state index is 15.1. The molecule has 27 rings (SSSR count). The molecular weight excluding hydrogens is 1860 g/mol. The first kappa shape index (κ1) is 112. The minimum absolute atomic E-state index is 0.0148. The number of nitrogens with one attached hydrogen (secondary N) is 4. The van der Waals surface area contributed by atoms with E-state index in [0.29, 0.717) is 58.8 Å². The molecule has 3 aromatic carbocycles. The summed E-state index contributed by atoms with van der Waals surface area (Å²) in [5, 5.41) is 218. The van der Waals surface area contributed by atoms with Crippen molar-refractivity contribution in [3.05, 3.63) is 95.1 Å². The van der Waals surface area contributed by atoms with Gasteiger partial charge in [-0.25, -0.2) is 4.79 Å². The van der Waals surface area contributed by atoms with E-state index in [9.17, 15) is 120 Å². The van der Waals surface area contributed by atoms with Crippen LogP contribution in [0.3, 0.4) is 0 Å². The van der Waals surface area contributed by atoms with Crippen molar-refractivity contribution in [2.24, 2.45) is 45.7 Å². The van der Waals surface area contributed by atoms with Gasteiger partial charge in [0, 0.05) is 74.0 Å². The topological polar surface area (TPSA) is 706 Å². The molecule has 0 spiro atoms. The number of hydrogen-bond donors (Lipinski definition) is 22. The van der Waals surface area contributed by atoms with E-state index in [2.05, 4.69) is 40.3 Å². The third-order valence-electron chi connectivity index (χ3n) is 27.0. The van der Waals surface area contributed by atoms with Crippen LogP contribution in [0.25, 0.3) is 0 Å². The minimum atomic E-state index is -2.32. The first-order valence-corrected chi connectivity index (χ1v) is 48.3. The zero-order valence-electron chi connectivity index (χ0n) is 79.4. The number of aliphatic hydroxyl groups is 17. The third-order valence-corrected chi connectivity index (χ3v) is 27.0. The summed E-state index contributed by atoms with van der Waals surface area (Å²) in [5.41, 5.74) is 8.23. The SMILES string of the molecule is CC(C)CCCCCC(=O)C[C@H](CCCCNC(=O)CCC(=O)N1Cc2ccccc2C2N=NN(CC3OC4OC5C(CO)OC(OC6C(CO)OC(OC7C(CO)OC(OC8C(CO)OC(OC9C(CO)OC(OC3C(O)C4O)C(O)C9O)C(O)C8O)C(O)C7O)C(O)C6O)C(O)C5O)C2c2ccccc21)C(=O)N[C@H](C(=O)C[C@@H](CCCNC(N)=O)C(=O)Nc1ccc(COC(=O)C(C)C)cc1)C(C)C. The number of ether oxygens (including phenoxy) is 13. The molecule has 0 aromatic heterocycles. The molecule has 47 nitrogen and oxygen atoms in total. The predicted molar refractivity (Wildman–Crippen MR) is 483 cm³/mol. The Hall–Kier alpha value is -8.14. The highest BCUT2D eigenvalue weighted by molar-refractivity contribution is 5.98. The Morgan fingerprint density at radius 2 is 0.887 bits per heavy atom. The molecule has 3 aromatic rings. The molecule has 24 aliphatic rings. The van der Waals surface area contributed by atoms with E-state index in [1.54, 1.807) is 100 Å². The minimum Gasteiger partial charge on any atom is -0.461 e. The molecule has 22 saturated heterocycles. The molecule has 6 amide bonds. The van der Waals surface area contributed by atoms with Crippen LogP contribution >= 0.6 is 0 Å². The molecule has 0 aliphatic carbocycles. The number of hydrogen-bond acceptors (Lipinski definition) is 41. The lowest BCUT2D eigenvalue weighted by atomic mass is 9.87. The quantitative estimate of drug-likeness (QED) is 0.0198. The van der Waals surface area contributed by atoms with E-state index < -0.39 is 295 Å². The monoisotopic (exact) mass is 2000 g/mol. The second-order valence-corrected chi connectivity index (χ2v) is 38.4. The van der Waals surface area contributed by atoms with Gasteiger partial charge in [-0.3, -0.25) is 38.6 Å². The largest absolute Gasteiger partial charge is 0.461 e. The van der Waals surface area contributed by atoms with E-state index in [4.69, 9.17) is 72.4 Å². The van der Waals surface area contributed by atoms with Crippen LogP contribution in [0, 0.1) is 29.6 Å². The van der Waals surface area contributed by atoms with Crippen molar-refractivity contribution in [3.63, 3.8) is 0 Å². The lowest BCUT2D eigenvalue weighted by Crippen LogP contribution is -2.69. The molecule has 0 saturated carbocycles. The van der Waals surface area contributed by atoms with Crippen LogP contribution in [0.15, 0.2) is 83.1 Å². The van der Waals surface area contributed by atoms with Crippen molar-refractivity contribution in [1.82, 2.24) is 21.0 Å². The molecular formula is C94H139N9O38. The summed E-state index contributed by atoms with van der Waals surface area (Å²) >= 11 is 0. The number of benzene rings is 3. The van der Waals surface area contributed by atoms with Gasteiger partial charge in [0.15, 0.2) is 43.5 Å². The first-order valence-electron chi connectivity index (χ1n) is 48.3. The smallest absolute Gasteiger partial charge is 0.312 e. The van der Waals surface area contributed by atoms with Crippen molar-refractivity contribution < 1.29 is 187 Å². The normalized spacial score (nSPS) is 34.5. The van der Waals surface area contributed by atoms with Gasteiger partial charge in [-0.1, -0.05) is 127 Å². The Morgan fingerprint density at radius 3 is 1.35 bits per heavy atom. The first-order chi connectivity index (χ1) is 67.4. The standard InChI is InChI=1S/C94H139N9O38/c1-43(2)17-8-7-9-21-51(109)33-47(86(126)99-64(44(3)4)55(110)34-48(20-16-32-97-94(95)128)85(125)98-50-27-25-46(26-28-50)42-129-87(127)45(5)6)18-14-15-31-96-62(111)29-30-63(112)102-35-49-19-10-11-22-52(49)65-66(53-23-12-13-24-54(53)102)103(101-100-65)36-56-79-67(113)73(119)88(130-56)137-80-57(37-104)132-90(75(121)69(80)115)139-82-59(39-106)134-92(77(123)71(82)117)141-84-61(41-108)135-93(78(124)72(84)118)140-83-60(40-107)133-91(76(122)70(83)116)138-81-58(38-105)131-89(136-79)74(120)68(81)114/h10-13,19,22-28,43-45,47-48,56-61,64-84,88-93,104-108,113-124H,7-9,14-18,20-21,29-42H2,1-6H3,(H,96,111)(H,98,125)(H,99,126)(H3,95,97,128)/t47-,48+,56?,57?,58?,59?,60?,61?,64-,65?,66?,67?,68?,69?,70?,71?,72?,73?,74?,75?,76?,77?,78?,79?,80?,81?,82?,83?,84?,88?,89?,90?,91?,92?,93?/m0/s1. The van der Waals surface area contributed by atoms with Crippen LogP contribution in [0.4, 0.5) is 16.2 Å². The number of anilines is 2. The lowest BCUT2D eigenvalue weighted by Gasteiger charge is -2.51. The Labute approximate surface area is 813 Å². The van der Waals surface area contributed by atoms with Gasteiger partial charge in [-0.15, -0.1) is 0 Å². The van der Waals surface area contributed by atoms with Crippen LogP contribution in [0.5, 0.6) is 0 Å². The summed E-state index contributed by atoms with van der Waals surface area (Å²) in [6.07, 6.45) is -58.4. The number of ketones is 2. The van der Waals surface area contributed by atoms with E-state index in [0.717, 1.165) is 19.3 Å². The number of urea groups is 1. The van der Waals surface area contributed by atoms with Crippen molar-refractivity contribution in [2.75, 3.05) is 62.9 Å². The van der Waals surface area contributed by atoms with Crippen molar-refractivity contribution in [1.29, 1.82) is 0 Å². The van der Waals surface area contributed by atoms with Crippen LogP contribution in [-0.2, 0) is 108 Å². The van der Waals surface area contributed by atoms with Gasteiger partial charge in [0.2, 0.25) is 23.6 Å². The fourth-order valence-corrected chi connectivity index (χ4v) is 19.0. The molecule has 22 fully saturated rings. The van der Waals surface area contributed by atoms with Crippen molar-refractivity contribution in [2.45, 2.75) is 347 Å². The fourth-order valence-electron chi connectivity index (χ4n) is 19.0. The summed E-state index contributed by atoms with van der Waals surface area (Å²) in [6, 6.07) is 16.4. The van der Waals surface area contributed by atoms with E-state index in [-0.39, 0.29) is 95.3 Å². The Balaban J connectivity index is 0.750. The molecule has 141 heavy (non-hydrogen) atoms. The molecule has 788 valence electrons. The van der Waals surface area contributed by atoms with Crippen molar-refractivity contribution >= 4 is 58.6 Å². The fraction of sp³-hybridized carbons (Fsp3) is 0.723. The van der Waals surface area contributed by atoms with Gasteiger partial charge in [-0.05, 0) is 78.8 Å². The highest BCUT2D eigenvalue weighted by Crippen LogP contribution is 2.50. The molecule has 12 bridgehead atoms. The number of amides is 6. The summed E-state index contributed by atoms with van der Waals surface area (Å²) in [6.45, 7) is 5.31. The molecule has 0 radical (unpaired) electrons. The number of primary amides is 1. The van der Waals surface area contributed by atoms with Crippen LogP contribution < -0.4 is 31.9 Å². The van der Waals surface area contributed by atoms with Crippen LogP contribution in [0.2, 0.25) is 0 Å². The Morgan fingerprint density at radius 1 is 0.454 bits per heavy atom. The van der Waals surface area contributed by atoms with Gasteiger partial charge < -0.3 is 180 Å². The number of Topliss-reactive ketones (excluding diaryl/α,β-unsaturated/α-hetero) is 2. The second-order valence-electron chi connectivity index (χ2n) is 38.4. The number of unbranched alkanes of at least 4 members (excludes halogenated alkanes) is 3. The van der Waals surface area contributed by atoms with Crippen LogP contribution in [-0.4, -0.2) is 382 Å². The number of rotatable bonds is 38. The highest BCUT2D eigenvalue weighted by atomic mass is 16.8. The molecule has 47 heteroatoms. The van der Waals surface area contributed by atoms with Gasteiger partial charge in [0.05, 0.1) is 58.1 Å². The number of para-hydroxylation sites is 1. The molecule has 32 unspecified atom stereocenters. The number of nitrogens with zero attached hydrogens (tertiary/aromatic N) is 4. The van der Waals surface area contributed by atoms with Gasteiger partial charge in [-0.2, -0.15) is 5.11 Å². The van der Waals surface area contributed by atoms with Crippen LogP contribution in [0.1, 0.15) is 166 Å². The number of aliphatic hydroxyl groups excluding tert-OH is 17. The summed E-state index contributed by atoms with van der Waals surface area (Å²) in [4.78, 5) is 111. The highest BCUT2D eigenvalue weighted by Gasteiger charge is 2.60. The average molecular weight is 2000 g/mol. The maximum atomic E-state index is 15.1. The van der Waals surface area contributed by atoms with Gasteiger partial charge in [0.25, 0.3) is 0 Å². The second kappa shape index (κ2) is 51.8. The zero-order valence-corrected chi connectivity index (χ0v) is 79.4. The number of carbonyl (C=O) groups excluding carboxylic acids is 8.